The Morgan fingerprint density at radius 3 is 2.89 bits per heavy atom. The molecule has 2 unspecified atom stereocenters. The number of nitrogens with zero attached hydrogens (tertiary/aromatic N) is 2. The standard InChI is InChI=1S/C12H20N4OS/c1-7-11(18-9(3)15-7)8(2)16-5-4-14-6-10(16)12(13)17/h8,10,14H,4-6H2,1-3H3,(H2,13,17). The molecule has 1 aromatic heterocycles. The second-order valence-electron chi connectivity index (χ2n) is 4.72. The first-order valence-electron chi connectivity index (χ1n) is 6.20. The molecule has 18 heavy (non-hydrogen) atoms. The Hall–Kier alpha value is -0.980. The fraction of sp³-hybridized carbons (Fsp3) is 0.667. The molecular formula is C12H20N4OS. The van der Waals surface area contributed by atoms with Crippen molar-refractivity contribution in [3.8, 4) is 0 Å². The summed E-state index contributed by atoms with van der Waals surface area (Å²) in [5, 5.41) is 4.29. The number of amides is 1. The molecule has 0 saturated carbocycles. The minimum Gasteiger partial charge on any atom is -0.368 e. The summed E-state index contributed by atoms with van der Waals surface area (Å²) >= 11 is 1.70. The van der Waals surface area contributed by atoms with E-state index < -0.39 is 0 Å². The number of carbonyl (C=O) groups is 1. The number of nitrogens with one attached hydrogen (secondary N) is 1. The molecule has 1 aliphatic heterocycles. The highest BCUT2D eigenvalue weighted by Crippen LogP contribution is 2.30. The number of aryl methyl sites for hydroxylation is 2. The van der Waals surface area contributed by atoms with Gasteiger partial charge in [0.2, 0.25) is 5.91 Å². The summed E-state index contributed by atoms with van der Waals surface area (Å²) < 4.78 is 0. The van der Waals surface area contributed by atoms with Gasteiger partial charge >= 0.3 is 0 Å². The van der Waals surface area contributed by atoms with Crippen molar-refractivity contribution in [3.63, 3.8) is 0 Å². The van der Waals surface area contributed by atoms with Crippen molar-refractivity contribution >= 4 is 17.2 Å². The molecule has 2 atom stereocenters. The second-order valence-corrected chi connectivity index (χ2v) is 5.95. The number of thiazole rings is 1. The molecule has 1 fully saturated rings. The highest BCUT2D eigenvalue weighted by atomic mass is 32.1. The molecule has 3 N–H and O–H groups in total. The SMILES string of the molecule is Cc1nc(C)c(C(C)N2CCNCC2C(N)=O)s1. The normalized spacial score (nSPS) is 22.9. The van der Waals surface area contributed by atoms with Crippen molar-refractivity contribution < 1.29 is 4.79 Å². The molecule has 0 aromatic carbocycles. The molecule has 6 heteroatoms. The lowest BCUT2D eigenvalue weighted by molar-refractivity contribution is -0.124. The topological polar surface area (TPSA) is 71.2 Å². The van der Waals surface area contributed by atoms with E-state index in [0.717, 1.165) is 23.8 Å². The molecule has 0 aliphatic carbocycles. The van der Waals surface area contributed by atoms with Crippen molar-refractivity contribution in [2.75, 3.05) is 19.6 Å². The smallest absolute Gasteiger partial charge is 0.236 e. The minimum absolute atomic E-state index is 0.191. The van der Waals surface area contributed by atoms with Crippen LogP contribution in [0.25, 0.3) is 0 Å². The van der Waals surface area contributed by atoms with E-state index in [2.05, 4.69) is 22.1 Å². The van der Waals surface area contributed by atoms with Gasteiger partial charge in [0.25, 0.3) is 0 Å². The van der Waals surface area contributed by atoms with Crippen LogP contribution in [0, 0.1) is 13.8 Å². The molecule has 0 spiro atoms. The zero-order valence-electron chi connectivity index (χ0n) is 11.1. The lowest BCUT2D eigenvalue weighted by atomic mass is 10.1. The first-order valence-corrected chi connectivity index (χ1v) is 7.02. The van der Waals surface area contributed by atoms with Crippen LogP contribution in [-0.2, 0) is 4.79 Å². The van der Waals surface area contributed by atoms with Gasteiger partial charge in [0.1, 0.15) is 6.04 Å². The molecule has 1 saturated heterocycles. The summed E-state index contributed by atoms with van der Waals surface area (Å²) in [5.41, 5.74) is 6.55. The Balaban J connectivity index is 2.23. The maximum absolute atomic E-state index is 11.5. The fourth-order valence-electron chi connectivity index (χ4n) is 2.53. The average Bonchev–Trinajstić information content (AvgIpc) is 2.67. The highest BCUT2D eigenvalue weighted by Gasteiger charge is 2.32. The van der Waals surface area contributed by atoms with Gasteiger partial charge in [0, 0.05) is 30.6 Å². The molecule has 0 radical (unpaired) electrons. The lowest BCUT2D eigenvalue weighted by Gasteiger charge is -2.38. The number of carbonyl (C=O) groups excluding carboxylic acids is 1. The number of piperazine rings is 1. The Bertz CT molecular complexity index is 445. The van der Waals surface area contributed by atoms with Gasteiger partial charge in [-0.1, -0.05) is 0 Å². The zero-order chi connectivity index (χ0) is 13.3. The van der Waals surface area contributed by atoms with E-state index in [-0.39, 0.29) is 18.0 Å². The van der Waals surface area contributed by atoms with Gasteiger partial charge in [-0.25, -0.2) is 4.98 Å². The van der Waals surface area contributed by atoms with E-state index in [4.69, 9.17) is 5.73 Å². The van der Waals surface area contributed by atoms with Crippen LogP contribution < -0.4 is 11.1 Å². The Kier molecular flexibility index (Phi) is 3.99. The second kappa shape index (κ2) is 5.34. The van der Waals surface area contributed by atoms with E-state index >= 15 is 0 Å². The third kappa shape index (κ3) is 2.55. The van der Waals surface area contributed by atoms with Crippen molar-refractivity contribution in [1.82, 2.24) is 15.2 Å². The minimum atomic E-state index is -0.257. The van der Waals surface area contributed by atoms with Crippen molar-refractivity contribution in [1.29, 1.82) is 0 Å². The van der Waals surface area contributed by atoms with Crippen LogP contribution in [0.4, 0.5) is 0 Å². The maximum Gasteiger partial charge on any atom is 0.236 e. The average molecular weight is 268 g/mol. The Morgan fingerprint density at radius 2 is 2.33 bits per heavy atom. The lowest BCUT2D eigenvalue weighted by Crippen LogP contribution is -2.57. The number of rotatable bonds is 3. The van der Waals surface area contributed by atoms with Crippen LogP contribution in [0.15, 0.2) is 0 Å². The molecule has 1 aliphatic rings. The number of hydrogen-bond acceptors (Lipinski definition) is 5. The van der Waals surface area contributed by atoms with E-state index in [0.29, 0.717) is 6.54 Å². The van der Waals surface area contributed by atoms with E-state index in [1.807, 2.05) is 13.8 Å². The van der Waals surface area contributed by atoms with Crippen LogP contribution in [-0.4, -0.2) is 41.5 Å². The summed E-state index contributed by atoms with van der Waals surface area (Å²) in [7, 11) is 0. The summed E-state index contributed by atoms with van der Waals surface area (Å²) in [6.45, 7) is 8.53. The molecule has 1 amide bonds. The predicted octanol–water partition coefficient (Wildman–Crippen LogP) is 0.580. The van der Waals surface area contributed by atoms with Crippen LogP contribution in [0.1, 0.15) is 28.5 Å². The summed E-state index contributed by atoms with van der Waals surface area (Å²) in [4.78, 5) is 19.4. The summed E-state index contributed by atoms with van der Waals surface area (Å²) in [6, 6.07) is -0.0358. The van der Waals surface area contributed by atoms with Gasteiger partial charge in [-0.2, -0.15) is 0 Å². The van der Waals surface area contributed by atoms with Crippen LogP contribution in [0.3, 0.4) is 0 Å². The molecule has 0 bridgehead atoms. The van der Waals surface area contributed by atoms with Crippen molar-refractivity contribution in [2.45, 2.75) is 32.9 Å². The van der Waals surface area contributed by atoms with E-state index in [9.17, 15) is 4.79 Å². The fourth-order valence-corrected chi connectivity index (χ4v) is 3.53. The first-order chi connectivity index (χ1) is 8.50. The van der Waals surface area contributed by atoms with E-state index in [1.165, 1.54) is 4.88 Å². The molecule has 100 valence electrons. The maximum atomic E-state index is 11.5. The highest BCUT2D eigenvalue weighted by molar-refractivity contribution is 7.11. The predicted molar refractivity (Wildman–Crippen MR) is 72.6 cm³/mol. The third-order valence-electron chi connectivity index (χ3n) is 3.43. The number of nitrogens with two attached hydrogens (primary N) is 1. The molecule has 5 nitrogen and oxygen atoms in total. The van der Waals surface area contributed by atoms with Gasteiger partial charge in [-0.05, 0) is 20.8 Å². The molecule has 2 heterocycles. The number of primary amides is 1. The quantitative estimate of drug-likeness (QED) is 0.841. The van der Waals surface area contributed by atoms with Crippen molar-refractivity contribution in [3.05, 3.63) is 15.6 Å². The van der Waals surface area contributed by atoms with E-state index in [1.54, 1.807) is 11.3 Å². The van der Waals surface area contributed by atoms with Crippen LogP contribution in [0.2, 0.25) is 0 Å². The largest absolute Gasteiger partial charge is 0.368 e. The zero-order valence-corrected chi connectivity index (χ0v) is 11.9. The summed E-state index contributed by atoms with van der Waals surface area (Å²) in [5.74, 6) is -0.257. The van der Waals surface area contributed by atoms with Crippen LogP contribution >= 0.6 is 11.3 Å². The first kappa shape index (κ1) is 13.5. The number of hydrogen-bond donors (Lipinski definition) is 2. The molecule has 2 rings (SSSR count). The summed E-state index contributed by atoms with van der Waals surface area (Å²) in [6.07, 6.45) is 0. The van der Waals surface area contributed by atoms with Gasteiger partial charge in [0.05, 0.1) is 10.7 Å². The van der Waals surface area contributed by atoms with Gasteiger partial charge in [-0.15, -0.1) is 11.3 Å². The van der Waals surface area contributed by atoms with Gasteiger partial charge < -0.3 is 11.1 Å². The Morgan fingerprint density at radius 1 is 1.61 bits per heavy atom. The third-order valence-corrected chi connectivity index (χ3v) is 4.67. The Labute approximate surface area is 111 Å². The van der Waals surface area contributed by atoms with Gasteiger partial charge in [-0.3, -0.25) is 9.69 Å². The van der Waals surface area contributed by atoms with Crippen LogP contribution in [0.5, 0.6) is 0 Å². The monoisotopic (exact) mass is 268 g/mol. The number of aromatic nitrogens is 1. The molecule has 1 aromatic rings. The van der Waals surface area contributed by atoms with Crippen molar-refractivity contribution in [2.24, 2.45) is 5.73 Å². The van der Waals surface area contributed by atoms with Gasteiger partial charge in [0.15, 0.2) is 0 Å². The molecular weight excluding hydrogens is 248 g/mol.